The monoisotopic (exact) mass is 763 g/mol. The second-order valence-electron chi connectivity index (χ2n) is 11.5. The Bertz CT molecular complexity index is 1940. The summed E-state index contributed by atoms with van der Waals surface area (Å²) in [5.41, 5.74) is 2.16. The van der Waals surface area contributed by atoms with Gasteiger partial charge < -0.3 is 34.3 Å². The number of nitrogens with one attached hydrogen (secondary N) is 1. The number of aliphatic hydroxyl groups excluding tert-OH is 1. The van der Waals surface area contributed by atoms with E-state index in [1.165, 1.54) is 23.1 Å². The van der Waals surface area contributed by atoms with Crippen LogP contribution in [0.4, 0.5) is 5.69 Å². The lowest BCUT2D eigenvalue weighted by Crippen LogP contribution is -2.50. The third-order valence-electron chi connectivity index (χ3n) is 8.21. The van der Waals surface area contributed by atoms with Crippen LogP contribution >= 0.6 is 27.5 Å². The number of nitrogens with zero attached hydrogens (tertiary/aromatic N) is 2. The molecule has 0 spiro atoms. The third-order valence-corrected chi connectivity index (χ3v) is 9.21. The molecule has 258 valence electrons. The molecule has 0 radical (unpaired) electrons. The van der Waals surface area contributed by atoms with Gasteiger partial charge in [-0.25, -0.2) is 0 Å². The van der Waals surface area contributed by atoms with Crippen molar-refractivity contribution in [3.8, 4) is 23.0 Å². The molecule has 4 aromatic rings. The number of fused-ring (bicyclic) bond motifs is 2. The summed E-state index contributed by atoms with van der Waals surface area (Å²) < 4.78 is 22.6. The molecule has 0 saturated heterocycles. The molecular formula is C36H31BrClN3O9. The highest BCUT2D eigenvalue weighted by atomic mass is 79.9. The summed E-state index contributed by atoms with van der Waals surface area (Å²) in [6.07, 6.45) is 2.49. The number of nitro groups is 1. The Morgan fingerprint density at radius 3 is 2.36 bits per heavy atom. The average molecular weight is 765 g/mol. The summed E-state index contributed by atoms with van der Waals surface area (Å²) in [4.78, 5) is 39.3. The summed E-state index contributed by atoms with van der Waals surface area (Å²) >= 11 is 9.77. The van der Waals surface area contributed by atoms with Gasteiger partial charge in [-0.15, -0.1) is 0 Å². The molecule has 2 amide bonds. The highest BCUT2D eigenvalue weighted by molar-refractivity contribution is 9.10. The molecule has 2 aliphatic heterocycles. The Balaban J connectivity index is 1.24. The molecule has 4 aromatic carbocycles. The zero-order valence-corrected chi connectivity index (χ0v) is 28.8. The summed E-state index contributed by atoms with van der Waals surface area (Å²) in [5.74, 6) is 1.40. The van der Waals surface area contributed by atoms with Crippen molar-refractivity contribution in [1.29, 1.82) is 0 Å². The molecule has 2 N–H and O–H groups in total. The van der Waals surface area contributed by atoms with E-state index in [0.717, 1.165) is 17.2 Å². The number of amides is 2. The van der Waals surface area contributed by atoms with Gasteiger partial charge in [0.2, 0.25) is 19.5 Å². The quantitative estimate of drug-likeness (QED) is 0.0957. The molecule has 12 nitrogen and oxygen atoms in total. The molecule has 0 aliphatic carbocycles. The molecule has 2 aliphatic rings. The molecule has 0 bridgehead atoms. The van der Waals surface area contributed by atoms with Crippen LogP contribution in [0.1, 0.15) is 27.0 Å². The molecule has 0 saturated carbocycles. The molecule has 0 unspecified atom stereocenters. The maximum Gasteiger partial charge on any atom is 0.270 e. The molecule has 2 heterocycles. The minimum Gasteiger partial charge on any atom is -0.454 e. The number of ether oxygens (including phenoxy) is 4. The number of hydrogen-bond donors (Lipinski definition) is 2. The maximum absolute atomic E-state index is 13.8. The van der Waals surface area contributed by atoms with E-state index in [2.05, 4.69) is 21.2 Å². The Morgan fingerprint density at radius 2 is 1.64 bits per heavy atom. The van der Waals surface area contributed by atoms with Crippen molar-refractivity contribution < 1.29 is 38.6 Å². The fourth-order valence-corrected chi connectivity index (χ4v) is 6.25. The Labute approximate surface area is 300 Å². The fraction of sp³-hybridized carbons (Fsp3) is 0.222. The standard InChI is InChI=1S/C36H31BrClN3O9/c37-27-18-34-33(49-21-50-34)16-24(27)7-11-35(43)40(13-12-23-6-10-31-32(15-23)48-20-47-31)19-30(42)29(14-22-4-2-1-3-5-22)39-36(44)26-9-8-25(41(45)46)17-28(26)38/h1-11,15-18,29-30,42H,12-14,19-21H2,(H,39,44)/b11-7+/t29-,30-/m0/s1. The van der Waals surface area contributed by atoms with Gasteiger partial charge in [-0.2, -0.15) is 0 Å². The highest BCUT2D eigenvalue weighted by Gasteiger charge is 2.28. The van der Waals surface area contributed by atoms with Crippen LogP contribution in [0.15, 0.2) is 89.4 Å². The van der Waals surface area contributed by atoms with Crippen LogP contribution in [0.5, 0.6) is 23.0 Å². The first-order valence-electron chi connectivity index (χ1n) is 15.6. The first kappa shape index (κ1) is 34.7. The van der Waals surface area contributed by atoms with Gasteiger partial charge in [0.15, 0.2) is 23.0 Å². The minimum absolute atomic E-state index is 0.00973. The summed E-state index contributed by atoms with van der Waals surface area (Å²) in [6, 6.07) is 21.0. The number of benzene rings is 4. The van der Waals surface area contributed by atoms with Gasteiger partial charge >= 0.3 is 0 Å². The van der Waals surface area contributed by atoms with E-state index in [1.807, 2.05) is 48.5 Å². The lowest BCUT2D eigenvalue weighted by Gasteiger charge is -2.30. The van der Waals surface area contributed by atoms with E-state index in [9.17, 15) is 24.8 Å². The minimum atomic E-state index is -1.23. The lowest BCUT2D eigenvalue weighted by molar-refractivity contribution is -0.384. The average Bonchev–Trinajstić information content (AvgIpc) is 3.77. The van der Waals surface area contributed by atoms with E-state index >= 15 is 0 Å². The zero-order valence-electron chi connectivity index (χ0n) is 26.4. The maximum atomic E-state index is 13.8. The van der Waals surface area contributed by atoms with Gasteiger partial charge in [0, 0.05) is 35.8 Å². The predicted molar refractivity (Wildman–Crippen MR) is 188 cm³/mol. The van der Waals surface area contributed by atoms with Crippen LogP contribution in [0, 0.1) is 10.1 Å². The molecule has 6 rings (SSSR count). The van der Waals surface area contributed by atoms with Gasteiger partial charge in [-0.05, 0) is 65.9 Å². The van der Waals surface area contributed by atoms with Crippen molar-refractivity contribution >= 4 is 51.1 Å². The molecule has 0 aromatic heterocycles. The first-order valence-corrected chi connectivity index (χ1v) is 16.7. The normalized spacial score (nSPS) is 14.0. The van der Waals surface area contributed by atoms with Crippen molar-refractivity contribution in [3.63, 3.8) is 0 Å². The molecule has 14 heteroatoms. The fourth-order valence-electron chi connectivity index (χ4n) is 5.53. The van der Waals surface area contributed by atoms with E-state index < -0.39 is 23.0 Å². The van der Waals surface area contributed by atoms with E-state index in [1.54, 1.807) is 18.2 Å². The number of non-ortho nitro benzene ring substituents is 1. The second-order valence-corrected chi connectivity index (χ2v) is 12.8. The largest absolute Gasteiger partial charge is 0.454 e. The predicted octanol–water partition coefficient (Wildman–Crippen LogP) is 5.95. The molecular weight excluding hydrogens is 734 g/mol. The number of aliphatic hydroxyl groups is 1. The highest BCUT2D eigenvalue weighted by Crippen LogP contribution is 2.37. The van der Waals surface area contributed by atoms with Crippen molar-refractivity contribution in [3.05, 3.63) is 127 Å². The first-order chi connectivity index (χ1) is 24.1. The van der Waals surface area contributed by atoms with Crippen molar-refractivity contribution in [2.75, 3.05) is 26.7 Å². The van der Waals surface area contributed by atoms with Gasteiger partial charge in [-0.3, -0.25) is 19.7 Å². The summed E-state index contributed by atoms with van der Waals surface area (Å²) in [7, 11) is 0. The number of nitro benzene ring substituents is 1. The topological polar surface area (TPSA) is 150 Å². The second kappa shape index (κ2) is 15.6. The summed E-state index contributed by atoms with van der Waals surface area (Å²) in [5, 5.41) is 25.6. The van der Waals surface area contributed by atoms with E-state index in [0.29, 0.717) is 39.5 Å². The number of rotatable bonds is 13. The van der Waals surface area contributed by atoms with Crippen LogP contribution < -0.4 is 24.3 Å². The molecule has 50 heavy (non-hydrogen) atoms. The van der Waals surface area contributed by atoms with Crippen molar-refractivity contribution in [2.24, 2.45) is 0 Å². The van der Waals surface area contributed by atoms with Gasteiger partial charge in [0.05, 0.1) is 27.7 Å². The SMILES string of the molecule is O=C(N[C@@H](Cc1ccccc1)[C@@H](O)CN(CCc1ccc2c(c1)OCO2)C(=O)/C=C/c1cc2c(cc1Br)OCO2)c1ccc([N+](=O)[O-])cc1Cl. The van der Waals surface area contributed by atoms with Crippen molar-refractivity contribution in [1.82, 2.24) is 10.2 Å². The van der Waals surface area contributed by atoms with Crippen LogP contribution in [-0.4, -0.2) is 65.6 Å². The van der Waals surface area contributed by atoms with Crippen molar-refractivity contribution in [2.45, 2.75) is 25.0 Å². The van der Waals surface area contributed by atoms with E-state index in [4.69, 9.17) is 30.5 Å². The number of carbonyl (C=O) groups is 2. The van der Waals surface area contributed by atoms with Gasteiger partial charge in [0.1, 0.15) is 0 Å². The van der Waals surface area contributed by atoms with Gasteiger partial charge in [-0.1, -0.05) is 63.9 Å². The van der Waals surface area contributed by atoms with Crippen LogP contribution in [0.2, 0.25) is 5.02 Å². The van der Waals surface area contributed by atoms with Crippen LogP contribution in [0.25, 0.3) is 6.08 Å². The Hall–Kier alpha value is -5.11. The molecule has 0 fully saturated rings. The van der Waals surface area contributed by atoms with Crippen LogP contribution in [0.3, 0.4) is 0 Å². The number of hydrogen-bond acceptors (Lipinski definition) is 9. The van der Waals surface area contributed by atoms with Gasteiger partial charge in [0.25, 0.3) is 11.6 Å². The smallest absolute Gasteiger partial charge is 0.270 e. The molecule has 2 atom stereocenters. The number of carbonyl (C=O) groups excluding carboxylic acids is 2. The van der Waals surface area contributed by atoms with E-state index in [-0.39, 0.29) is 55.3 Å². The zero-order chi connectivity index (χ0) is 35.2. The number of halogens is 2. The third kappa shape index (κ3) is 8.36. The summed E-state index contributed by atoms with van der Waals surface area (Å²) in [6.45, 7) is 0.329. The van der Waals surface area contributed by atoms with Crippen LogP contribution in [-0.2, 0) is 17.6 Å². The Kier molecular flexibility index (Phi) is 10.9. The Morgan fingerprint density at radius 1 is 0.940 bits per heavy atom. The lowest BCUT2D eigenvalue weighted by atomic mass is 9.99.